The van der Waals surface area contributed by atoms with Crippen LogP contribution in [-0.2, 0) is 0 Å². The fraction of sp³-hybridized carbons (Fsp3) is 0.200. The second-order valence-electron chi connectivity index (χ2n) is 4.37. The molecule has 0 nitrogen and oxygen atoms in total. The molecule has 1 atom stereocenters. The van der Waals surface area contributed by atoms with Crippen LogP contribution in [0, 0.1) is 19.7 Å². The van der Waals surface area contributed by atoms with Gasteiger partial charge in [-0.05, 0) is 54.3 Å². The van der Waals surface area contributed by atoms with Gasteiger partial charge in [0.2, 0.25) is 0 Å². The molecular weight excluding hydrogens is 270 g/mol. The molecular formula is C15H13Cl2F. The summed E-state index contributed by atoms with van der Waals surface area (Å²) < 4.78 is 13.2. The lowest BCUT2D eigenvalue weighted by Gasteiger charge is -2.14. The van der Waals surface area contributed by atoms with Crippen molar-refractivity contribution in [3.63, 3.8) is 0 Å². The Hall–Kier alpha value is -1.05. The van der Waals surface area contributed by atoms with Crippen LogP contribution in [0.15, 0.2) is 36.4 Å². The molecule has 0 spiro atoms. The standard InChI is InChI=1S/C15H13Cl2F/c1-9-8-12(16)4-5-13(9)15(17)11-3-6-14(18)10(2)7-11/h3-8,15H,1-2H3. The van der Waals surface area contributed by atoms with Crippen LogP contribution in [0.25, 0.3) is 0 Å². The van der Waals surface area contributed by atoms with Gasteiger partial charge in [0, 0.05) is 5.02 Å². The summed E-state index contributed by atoms with van der Waals surface area (Å²) in [6.07, 6.45) is 0. The Bertz CT molecular complexity index is 579. The topological polar surface area (TPSA) is 0 Å². The molecule has 0 aromatic heterocycles. The molecule has 1 unspecified atom stereocenters. The highest BCUT2D eigenvalue weighted by Gasteiger charge is 2.14. The lowest BCUT2D eigenvalue weighted by Crippen LogP contribution is -1.97. The van der Waals surface area contributed by atoms with Crippen molar-refractivity contribution in [3.05, 3.63) is 69.5 Å². The highest BCUT2D eigenvalue weighted by atomic mass is 35.5. The van der Waals surface area contributed by atoms with Gasteiger partial charge >= 0.3 is 0 Å². The van der Waals surface area contributed by atoms with Crippen LogP contribution < -0.4 is 0 Å². The SMILES string of the molecule is Cc1cc(C(Cl)c2ccc(Cl)cc2C)ccc1F. The lowest BCUT2D eigenvalue weighted by molar-refractivity contribution is 0.617. The van der Waals surface area contributed by atoms with Crippen molar-refractivity contribution in [2.45, 2.75) is 19.2 Å². The average Bonchev–Trinajstić information content (AvgIpc) is 2.32. The van der Waals surface area contributed by atoms with E-state index in [1.807, 2.05) is 25.1 Å². The fourth-order valence-corrected chi connectivity index (χ4v) is 2.54. The predicted molar refractivity (Wildman–Crippen MR) is 75.0 cm³/mol. The molecule has 2 aromatic rings. The molecule has 0 fully saturated rings. The second kappa shape index (κ2) is 5.29. The van der Waals surface area contributed by atoms with Gasteiger partial charge in [0.15, 0.2) is 0 Å². The van der Waals surface area contributed by atoms with Crippen LogP contribution in [-0.4, -0.2) is 0 Å². The Morgan fingerprint density at radius 3 is 2.33 bits per heavy atom. The van der Waals surface area contributed by atoms with Crippen LogP contribution in [0.4, 0.5) is 4.39 Å². The first-order chi connectivity index (χ1) is 8.49. The minimum Gasteiger partial charge on any atom is -0.207 e. The third-order valence-electron chi connectivity index (χ3n) is 2.98. The maximum absolute atomic E-state index is 13.2. The summed E-state index contributed by atoms with van der Waals surface area (Å²) in [6, 6.07) is 10.5. The maximum atomic E-state index is 13.2. The number of aryl methyl sites for hydroxylation is 2. The molecule has 0 heterocycles. The van der Waals surface area contributed by atoms with E-state index >= 15 is 0 Å². The van der Waals surface area contributed by atoms with Gasteiger partial charge in [-0.3, -0.25) is 0 Å². The summed E-state index contributed by atoms with van der Waals surface area (Å²) in [5, 5.41) is 0.400. The minimum atomic E-state index is -0.290. The van der Waals surface area contributed by atoms with Gasteiger partial charge < -0.3 is 0 Å². The van der Waals surface area contributed by atoms with E-state index in [1.54, 1.807) is 19.1 Å². The van der Waals surface area contributed by atoms with E-state index in [4.69, 9.17) is 23.2 Å². The second-order valence-corrected chi connectivity index (χ2v) is 5.24. The van der Waals surface area contributed by atoms with Crippen molar-refractivity contribution in [1.82, 2.24) is 0 Å². The molecule has 0 aliphatic heterocycles. The highest BCUT2D eigenvalue weighted by Crippen LogP contribution is 2.32. The molecule has 0 bridgehead atoms. The van der Waals surface area contributed by atoms with Crippen LogP contribution in [0.5, 0.6) is 0 Å². The Labute approximate surface area is 116 Å². The zero-order valence-electron chi connectivity index (χ0n) is 10.2. The highest BCUT2D eigenvalue weighted by molar-refractivity contribution is 6.30. The van der Waals surface area contributed by atoms with Gasteiger partial charge in [-0.15, -0.1) is 11.6 Å². The molecule has 0 saturated carbocycles. The normalized spacial score (nSPS) is 12.5. The van der Waals surface area contributed by atoms with Gasteiger partial charge in [-0.1, -0.05) is 29.8 Å². The van der Waals surface area contributed by atoms with Crippen LogP contribution >= 0.6 is 23.2 Å². The van der Waals surface area contributed by atoms with Crippen molar-refractivity contribution in [2.75, 3.05) is 0 Å². The lowest BCUT2D eigenvalue weighted by atomic mass is 9.99. The van der Waals surface area contributed by atoms with Crippen LogP contribution in [0.3, 0.4) is 0 Å². The summed E-state index contributed by atoms with van der Waals surface area (Å²) in [7, 11) is 0. The van der Waals surface area contributed by atoms with Gasteiger partial charge in [-0.25, -0.2) is 4.39 Å². The van der Waals surface area contributed by atoms with E-state index < -0.39 is 0 Å². The number of hydrogen-bond donors (Lipinski definition) is 0. The Kier molecular flexibility index (Phi) is 3.94. The van der Waals surface area contributed by atoms with E-state index in [0.29, 0.717) is 10.6 Å². The molecule has 2 rings (SSSR count). The summed E-state index contributed by atoms with van der Waals surface area (Å²) in [4.78, 5) is 0. The van der Waals surface area contributed by atoms with Crippen molar-refractivity contribution < 1.29 is 4.39 Å². The number of halogens is 3. The number of benzene rings is 2. The predicted octanol–water partition coefficient (Wildman–Crippen LogP) is 5.42. The first-order valence-corrected chi connectivity index (χ1v) is 6.46. The Morgan fingerprint density at radius 2 is 1.72 bits per heavy atom. The van der Waals surface area contributed by atoms with Crippen molar-refractivity contribution in [2.24, 2.45) is 0 Å². The van der Waals surface area contributed by atoms with E-state index in [0.717, 1.165) is 16.7 Å². The molecule has 0 N–H and O–H groups in total. The van der Waals surface area contributed by atoms with Crippen molar-refractivity contribution in [1.29, 1.82) is 0 Å². The molecule has 2 aromatic carbocycles. The smallest absolute Gasteiger partial charge is 0.126 e. The third-order valence-corrected chi connectivity index (χ3v) is 3.70. The van der Waals surface area contributed by atoms with Gasteiger partial charge in [0.05, 0.1) is 5.38 Å². The molecule has 18 heavy (non-hydrogen) atoms. The van der Waals surface area contributed by atoms with E-state index in [-0.39, 0.29) is 11.2 Å². The summed E-state index contributed by atoms with van der Waals surface area (Å²) in [6.45, 7) is 3.70. The van der Waals surface area contributed by atoms with Crippen molar-refractivity contribution >= 4 is 23.2 Å². The first kappa shape index (κ1) is 13.4. The molecule has 94 valence electrons. The number of hydrogen-bond acceptors (Lipinski definition) is 0. The quantitative estimate of drug-likeness (QED) is 0.645. The summed E-state index contributed by atoms with van der Waals surface area (Å²) >= 11 is 12.4. The van der Waals surface area contributed by atoms with E-state index in [1.165, 1.54) is 6.07 Å². The number of alkyl halides is 1. The number of rotatable bonds is 2. The monoisotopic (exact) mass is 282 g/mol. The largest absolute Gasteiger partial charge is 0.207 e. The summed E-state index contributed by atoms with van der Waals surface area (Å²) in [5.74, 6) is -0.213. The third kappa shape index (κ3) is 2.68. The van der Waals surface area contributed by atoms with Gasteiger partial charge in [0.25, 0.3) is 0 Å². The van der Waals surface area contributed by atoms with Gasteiger partial charge in [0.1, 0.15) is 5.82 Å². The molecule has 3 heteroatoms. The average molecular weight is 283 g/mol. The van der Waals surface area contributed by atoms with Crippen molar-refractivity contribution in [3.8, 4) is 0 Å². The molecule has 0 aliphatic carbocycles. The maximum Gasteiger partial charge on any atom is 0.126 e. The van der Waals surface area contributed by atoms with Crippen LogP contribution in [0.1, 0.15) is 27.6 Å². The molecule has 0 radical (unpaired) electrons. The fourth-order valence-electron chi connectivity index (χ4n) is 1.93. The Morgan fingerprint density at radius 1 is 1.00 bits per heavy atom. The van der Waals surface area contributed by atoms with E-state index in [9.17, 15) is 4.39 Å². The van der Waals surface area contributed by atoms with Crippen LogP contribution in [0.2, 0.25) is 5.02 Å². The zero-order chi connectivity index (χ0) is 13.3. The van der Waals surface area contributed by atoms with Gasteiger partial charge in [-0.2, -0.15) is 0 Å². The minimum absolute atomic E-state index is 0.213. The summed E-state index contributed by atoms with van der Waals surface area (Å²) in [5.41, 5.74) is 3.52. The molecule has 0 saturated heterocycles. The van der Waals surface area contributed by atoms with E-state index in [2.05, 4.69) is 0 Å². The zero-order valence-corrected chi connectivity index (χ0v) is 11.7. The Balaban J connectivity index is 2.41. The first-order valence-electron chi connectivity index (χ1n) is 5.65. The molecule has 0 aliphatic rings. The molecule has 0 amide bonds.